The first-order valence-electron chi connectivity index (χ1n) is 6.75. The van der Waals surface area contributed by atoms with Crippen molar-refractivity contribution in [2.75, 3.05) is 14.2 Å². The number of carbonyl (C=O) groups is 2. The van der Waals surface area contributed by atoms with Crippen LogP contribution in [0.25, 0.3) is 10.8 Å². The molecule has 0 aliphatic carbocycles. The second kappa shape index (κ2) is 6.39. The van der Waals surface area contributed by atoms with Gasteiger partial charge in [0.15, 0.2) is 5.78 Å². The van der Waals surface area contributed by atoms with Gasteiger partial charge in [0.1, 0.15) is 5.75 Å². The lowest BCUT2D eigenvalue weighted by molar-refractivity contribution is -0.144. The van der Waals surface area contributed by atoms with E-state index < -0.39 is 5.92 Å². The molecule has 0 spiro atoms. The van der Waals surface area contributed by atoms with Crippen LogP contribution in [0.5, 0.6) is 5.75 Å². The van der Waals surface area contributed by atoms with Gasteiger partial charge < -0.3 is 9.47 Å². The summed E-state index contributed by atoms with van der Waals surface area (Å²) in [6.07, 6.45) is 0.0943. The Bertz CT molecular complexity index is 676. The highest BCUT2D eigenvalue weighted by Gasteiger charge is 2.22. The molecular weight excluding hydrogens is 268 g/mol. The predicted octanol–water partition coefficient (Wildman–Crippen LogP) is 3.23. The molecule has 2 aromatic rings. The highest BCUT2D eigenvalue weighted by Crippen LogP contribution is 2.30. The van der Waals surface area contributed by atoms with Gasteiger partial charge in [-0.15, -0.1) is 0 Å². The maximum atomic E-state index is 12.6. The van der Waals surface area contributed by atoms with E-state index in [4.69, 9.17) is 4.74 Å². The molecule has 4 nitrogen and oxygen atoms in total. The number of rotatable bonds is 5. The molecule has 0 amide bonds. The van der Waals surface area contributed by atoms with E-state index in [9.17, 15) is 9.59 Å². The van der Waals surface area contributed by atoms with Crippen LogP contribution in [0.1, 0.15) is 23.7 Å². The normalized spacial score (nSPS) is 12.0. The summed E-state index contributed by atoms with van der Waals surface area (Å²) in [6.45, 7) is 1.68. The van der Waals surface area contributed by atoms with Gasteiger partial charge in [0, 0.05) is 6.42 Å². The molecule has 21 heavy (non-hydrogen) atoms. The lowest BCUT2D eigenvalue weighted by atomic mass is 9.94. The smallest absolute Gasteiger partial charge is 0.308 e. The number of Topliss-reactive ketones (excluding diaryl/α,β-unsaturated/α-hetero) is 1. The third kappa shape index (κ3) is 3.05. The number of methoxy groups -OCH3 is 2. The van der Waals surface area contributed by atoms with Crippen LogP contribution in [0, 0.1) is 5.92 Å². The van der Waals surface area contributed by atoms with Gasteiger partial charge in [-0.1, -0.05) is 37.3 Å². The van der Waals surface area contributed by atoms with E-state index in [-0.39, 0.29) is 18.2 Å². The molecule has 0 radical (unpaired) electrons. The zero-order valence-electron chi connectivity index (χ0n) is 12.4. The molecule has 0 bridgehead atoms. The van der Waals surface area contributed by atoms with Crippen molar-refractivity contribution in [2.24, 2.45) is 5.92 Å². The van der Waals surface area contributed by atoms with Crippen LogP contribution in [0.15, 0.2) is 36.4 Å². The number of fused-ring (bicyclic) bond motifs is 1. The van der Waals surface area contributed by atoms with Crippen molar-refractivity contribution in [3.63, 3.8) is 0 Å². The summed E-state index contributed by atoms with van der Waals surface area (Å²) in [5, 5.41) is 1.80. The highest BCUT2D eigenvalue weighted by molar-refractivity contribution is 6.11. The molecule has 2 rings (SSSR count). The summed E-state index contributed by atoms with van der Waals surface area (Å²) in [6, 6.07) is 11.3. The summed E-state index contributed by atoms with van der Waals surface area (Å²) in [5.74, 6) is -0.467. The molecule has 0 heterocycles. The van der Waals surface area contributed by atoms with Crippen molar-refractivity contribution in [1.29, 1.82) is 0 Å². The van der Waals surface area contributed by atoms with Crippen LogP contribution in [-0.4, -0.2) is 26.0 Å². The van der Waals surface area contributed by atoms with Crippen molar-refractivity contribution in [1.82, 2.24) is 0 Å². The first kappa shape index (κ1) is 15.0. The number of hydrogen-bond acceptors (Lipinski definition) is 4. The van der Waals surface area contributed by atoms with E-state index in [0.29, 0.717) is 11.3 Å². The molecule has 0 saturated heterocycles. The van der Waals surface area contributed by atoms with Crippen molar-refractivity contribution in [3.05, 3.63) is 42.0 Å². The monoisotopic (exact) mass is 286 g/mol. The molecule has 0 saturated carbocycles. The van der Waals surface area contributed by atoms with Gasteiger partial charge in [0.25, 0.3) is 0 Å². The summed E-state index contributed by atoms with van der Waals surface area (Å²) in [4.78, 5) is 24.1. The number of esters is 1. The Morgan fingerprint density at radius 3 is 2.48 bits per heavy atom. The molecule has 0 N–H and O–H groups in total. The van der Waals surface area contributed by atoms with Crippen LogP contribution in [0.2, 0.25) is 0 Å². The fourth-order valence-electron chi connectivity index (χ4n) is 2.37. The molecule has 4 heteroatoms. The average molecular weight is 286 g/mol. The van der Waals surface area contributed by atoms with E-state index in [1.165, 1.54) is 14.2 Å². The number of hydrogen-bond donors (Lipinski definition) is 0. The fraction of sp³-hybridized carbons (Fsp3) is 0.294. The maximum absolute atomic E-state index is 12.6. The molecule has 110 valence electrons. The third-order valence-electron chi connectivity index (χ3n) is 3.48. The minimum atomic E-state index is -0.480. The zero-order valence-corrected chi connectivity index (χ0v) is 12.4. The van der Waals surface area contributed by atoms with Gasteiger partial charge in [-0.2, -0.15) is 0 Å². The summed E-state index contributed by atoms with van der Waals surface area (Å²) >= 11 is 0. The molecule has 0 aliphatic rings. The molecule has 2 aromatic carbocycles. The minimum absolute atomic E-state index is 0.0943. The van der Waals surface area contributed by atoms with Crippen LogP contribution in [-0.2, 0) is 9.53 Å². The van der Waals surface area contributed by atoms with Crippen LogP contribution >= 0.6 is 0 Å². The number of ether oxygens (including phenoxy) is 2. The van der Waals surface area contributed by atoms with Crippen molar-refractivity contribution >= 4 is 22.5 Å². The number of ketones is 1. The molecule has 0 fully saturated rings. The topological polar surface area (TPSA) is 52.6 Å². The Morgan fingerprint density at radius 1 is 1.10 bits per heavy atom. The lowest BCUT2D eigenvalue weighted by Gasteiger charge is -2.13. The van der Waals surface area contributed by atoms with E-state index in [2.05, 4.69) is 4.74 Å². The zero-order chi connectivity index (χ0) is 15.4. The molecule has 1 atom stereocenters. The van der Waals surface area contributed by atoms with Gasteiger partial charge >= 0.3 is 5.97 Å². The second-order valence-corrected chi connectivity index (χ2v) is 4.92. The first-order valence-corrected chi connectivity index (χ1v) is 6.75. The van der Waals surface area contributed by atoms with Crippen molar-refractivity contribution in [2.45, 2.75) is 13.3 Å². The summed E-state index contributed by atoms with van der Waals surface area (Å²) in [7, 11) is 2.85. The Hall–Kier alpha value is -2.36. The van der Waals surface area contributed by atoms with Gasteiger partial charge in [-0.05, 0) is 16.8 Å². The van der Waals surface area contributed by atoms with Crippen LogP contribution in [0.3, 0.4) is 0 Å². The molecule has 0 aromatic heterocycles. The van der Waals surface area contributed by atoms with Gasteiger partial charge in [-0.25, -0.2) is 0 Å². The van der Waals surface area contributed by atoms with E-state index in [1.54, 1.807) is 13.0 Å². The SMILES string of the molecule is COC(=O)C(C)CC(=O)c1c(OC)ccc2ccccc12. The number of benzene rings is 2. The first-order chi connectivity index (χ1) is 10.1. The molecule has 0 aliphatic heterocycles. The maximum Gasteiger partial charge on any atom is 0.308 e. The second-order valence-electron chi connectivity index (χ2n) is 4.92. The van der Waals surface area contributed by atoms with Crippen LogP contribution in [0.4, 0.5) is 0 Å². The van der Waals surface area contributed by atoms with E-state index in [0.717, 1.165) is 10.8 Å². The predicted molar refractivity (Wildman–Crippen MR) is 80.6 cm³/mol. The van der Waals surface area contributed by atoms with Crippen molar-refractivity contribution in [3.8, 4) is 5.75 Å². The quantitative estimate of drug-likeness (QED) is 0.625. The Balaban J connectivity index is 2.44. The minimum Gasteiger partial charge on any atom is -0.496 e. The van der Waals surface area contributed by atoms with Gasteiger partial charge in [-0.3, -0.25) is 9.59 Å². The van der Waals surface area contributed by atoms with Gasteiger partial charge in [0.2, 0.25) is 0 Å². The lowest BCUT2D eigenvalue weighted by Crippen LogP contribution is -2.17. The summed E-state index contributed by atoms with van der Waals surface area (Å²) in [5.41, 5.74) is 0.520. The Labute approximate surface area is 123 Å². The highest BCUT2D eigenvalue weighted by atomic mass is 16.5. The van der Waals surface area contributed by atoms with E-state index in [1.807, 2.05) is 30.3 Å². The summed E-state index contributed by atoms with van der Waals surface area (Å²) < 4.78 is 9.98. The Kier molecular flexibility index (Phi) is 4.58. The third-order valence-corrected chi connectivity index (χ3v) is 3.48. The van der Waals surface area contributed by atoms with Gasteiger partial charge in [0.05, 0.1) is 25.7 Å². The van der Waals surface area contributed by atoms with Crippen molar-refractivity contribution < 1.29 is 19.1 Å². The molecule has 1 unspecified atom stereocenters. The fourth-order valence-corrected chi connectivity index (χ4v) is 2.37. The largest absolute Gasteiger partial charge is 0.496 e. The average Bonchev–Trinajstić information content (AvgIpc) is 2.52. The van der Waals surface area contributed by atoms with Crippen LogP contribution < -0.4 is 4.74 Å². The molecular formula is C17H18O4. The number of carbonyl (C=O) groups excluding carboxylic acids is 2. The standard InChI is InChI=1S/C17H18O4/c1-11(17(19)21-3)10-14(18)16-13-7-5-4-6-12(13)8-9-15(16)20-2/h4-9,11H,10H2,1-3H3. The Morgan fingerprint density at radius 2 is 1.81 bits per heavy atom. The van der Waals surface area contributed by atoms with E-state index >= 15 is 0 Å².